The molecule has 0 atom stereocenters. The van der Waals surface area contributed by atoms with Gasteiger partial charge in [-0.15, -0.1) is 5.10 Å². The molecule has 0 saturated heterocycles. The van der Waals surface area contributed by atoms with Gasteiger partial charge in [-0.2, -0.15) is 0 Å². The van der Waals surface area contributed by atoms with Crippen molar-refractivity contribution < 1.29 is 14.7 Å². The zero-order chi connectivity index (χ0) is 13.1. The first kappa shape index (κ1) is 11.8. The predicted molar refractivity (Wildman–Crippen MR) is 62.1 cm³/mol. The molecule has 0 aliphatic carbocycles. The number of hydrogen-bond donors (Lipinski definition) is 3. The van der Waals surface area contributed by atoms with Crippen LogP contribution in [0.2, 0.25) is 0 Å². The van der Waals surface area contributed by atoms with Crippen molar-refractivity contribution in [2.45, 2.75) is 6.54 Å². The van der Waals surface area contributed by atoms with E-state index in [1.54, 1.807) is 12.1 Å². The first-order chi connectivity index (χ1) is 8.59. The van der Waals surface area contributed by atoms with Crippen LogP contribution in [0.25, 0.3) is 11.0 Å². The highest BCUT2D eigenvalue weighted by Gasteiger charge is 2.14. The van der Waals surface area contributed by atoms with Crippen molar-refractivity contribution in [3.05, 3.63) is 23.8 Å². The van der Waals surface area contributed by atoms with Crippen LogP contribution >= 0.6 is 0 Å². The van der Waals surface area contributed by atoms with E-state index in [1.165, 1.54) is 10.7 Å². The van der Waals surface area contributed by atoms with Gasteiger partial charge in [0, 0.05) is 6.54 Å². The number of fused-ring (bicyclic) bond motifs is 1. The van der Waals surface area contributed by atoms with Gasteiger partial charge in [-0.1, -0.05) is 11.3 Å². The third kappa shape index (κ3) is 2.21. The zero-order valence-electron chi connectivity index (χ0n) is 9.33. The van der Waals surface area contributed by atoms with Crippen molar-refractivity contribution in [1.82, 2.24) is 20.3 Å². The molecule has 18 heavy (non-hydrogen) atoms. The minimum atomic E-state index is -1.05. The summed E-state index contributed by atoms with van der Waals surface area (Å²) in [5, 5.41) is 19.2. The summed E-state index contributed by atoms with van der Waals surface area (Å²) < 4.78 is 1.43. The number of nitrogens with one attached hydrogen (secondary N) is 1. The molecule has 0 aliphatic rings. The smallest absolute Gasteiger partial charge is 0.337 e. The Morgan fingerprint density at radius 2 is 2.22 bits per heavy atom. The Morgan fingerprint density at radius 3 is 2.89 bits per heavy atom. The fourth-order valence-electron chi connectivity index (χ4n) is 1.64. The maximum atomic E-state index is 11.1. The highest BCUT2D eigenvalue weighted by Crippen LogP contribution is 2.16. The van der Waals surface area contributed by atoms with Crippen molar-refractivity contribution >= 4 is 23.0 Å². The number of amides is 2. The molecule has 4 N–H and O–H groups in total. The number of para-hydroxylation sites is 1. The average Bonchev–Trinajstić information content (AvgIpc) is 2.72. The van der Waals surface area contributed by atoms with Crippen LogP contribution in [-0.4, -0.2) is 38.6 Å². The molecule has 0 saturated carbocycles. The Balaban J connectivity index is 2.33. The molecule has 0 bridgehead atoms. The Morgan fingerprint density at radius 1 is 1.44 bits per heavy atom. The fourth-order valence-corrected chi connectivity index (χ4v) is 1.64. The van der Waals surface area contributed by atoms with E-state index in [0.717, 1.165) is 0 Å². The summed E-state index contributed by atoms with van der Waals surface area (Å²) in [5.41, 5.74) is 5.98. The molecule has 0 radical (unpaired) electrons. The molecule has 94 valence electrons. The summed E-state index contributed by atoms with van der Waals surface area (Å²) in [5.74, 6) is -1.05. The van der Waals surface area contributed by atoms with Crippen molar-refractivity contribution in [3.63, 3.8) is 0 Å². The molecule has 0 spiro atoms. The highest BCUT2D eigenvalue weighted by atomic mass is 16.4. The van der Waals surface area contributed by atoms with Gasteiger partial charge >= 0.3 is 12.0 Å². The molecule has 2 amide bonds. The van der Waals surface area contributed by atoms with E-state index in [4.69, 9.17) is 10.8 Å². The largest absolute Gasteiger partial charge is 0.478 e. The lowest BCUT2D eigenvalue weighted by Crippen LogP contribution is -2.32. The quantitative estimate of drug-likeness (QED) is 0.692. The molecular formula is C10H11N5O3. The zero-order valence-corrected chi connectivity index (χ0v) is 9.33. The second-order valence-corrected chi connectivity index (χ2v) is 3.58. The predicted octanol–water partition coefficient (Wildman–Crippen LogP) is -0.202. The van der Waals surface area contributed by atoms with Gasteiger partial charge in [-0.3, -0.25) is 0 Å². The van der Waals surface area contributed by atoms with Crippen molar-refractivity contribution in [1.29, 1.82) is 0 Å². The summed E-state index contributed by atoms with van der Waals surface area (Å²) in [6.07, 6.45) is 0. The summed E-state index contributed by atoms with van der Waals surface area (Å²) in [4.78, 5) is 21.6. The number of nitrogens with zero attached hydrogens (tertiary/aromatic N) is 3. The van der Waals surface area contributed by atoms with Gasteiger partial charge < -0.3 is 16.2 Å². The standard InChI is InChI=1S/C10H11N5O3/c11-10(18)12-4-5-15-8-6(9(16)17)2-1-3-7(8)13-14-15/h1-3H,4-5H2,(H,16,17)(H3,11,12,18). The molecule has 1 aromatic heterocycles. The number of hydrogen-bond acceptors (Lipinski definition) is 4. The first-order valence-electron chi connectivity index (χ1n) is 5.18. The number of aromatic carboxylic acids is 1. The molecular weight excluding hydrogens is 238 g/mol. The van der Waals surface area contributed by atoms with Crippen LogP contribution in [0.15, 0.2) is 18.2 Å². The molecule has 8 nitrogen and oxygen atoms in total. The lowest BCUT2D eigenvalue weighted by Gasteiger charge is -2.04. The first-order valence-corrected chi connectivity index (χ1v) is 5.18. The van der Waals surface area contributed by atoms with E-state index in [9.17, 15) is 9.59 Å². The summed E-state index contributed by atoms with van der Waals surface area (Å²) in [6.45, 7) is 0.547. The van der Waals surface area contributed by atoms with Crippen LogP contribution in [-0.2, 0) is 6.54 Å². The van der Waals surface area contributed by atoms with E-state index in [1.807, 2.05) is 0 Å². The van der Waals surface area contributed by atoms with Gasteiger partial charge in [0.1, 0.15) is 11.0 Å². The Labute approximate surface area is 101 Å². The molecule has 2 aromatic rings. The fraction of sp³-hybridized carbons (Fsp3) is 0.200. The molecule has 2 rings (SSSR count). The number of benzene rings is 1. The van der Waals surface area contributed by atoms with Crippen LogP contribution in [0.5, 0.6) is 0 Å². The Hall–Kier alpha value is -2.64. The second-order valence-electron chi connectivity index (χ2n) is 3.58. The van der Waals surface area contributed by atoms with E-state index in [0.29, 0.717) is 17.6 Å². The summed E-state index contributed by atoms with van der Waals surface area (Å²) in [6, 6.07) is 4.11. The van der Waals surface area contributed by atoms with Gasteiger partial charge in [-0.05, 0) is 12.1 Å². The maximum absolute atomic E-state index is 11.1. The van der Waals surface area contributed by atoms with Crippen LogP contribution in [0.4, 0.5) is 4.79 Å². The van der Waals surface area contributed by atoms with E-state index in [2.05, 4.69) is 15.6 Å². The topological polar surface area (TPSA) is 123 Å². The molecule has 0 fully saturated rings. The lowest BCUT2D eigenvalue weighted by atomic mass is 10.2. The number of carbonyl (C=O) groups is 2. The maximum Gasteiger partial charge on any atom is 0.337 e. The van der Waals surface area contributed by atoms with Crippen LogP contribution in [0.1, 0.15) is 10.4 Å². The van der Waals surface area contributed by atoms with Crippen molar-refractivity contribution in [2.75, 3.05) is 6.54 Å². The summed E-state index contributed by atoms with van der Waals surface area (Å²) in [7, 11) is 0. The van der Waals surface area contributed by atoms with Gasteiger partial charge in [0.2, 0.25) is 0 Å². The van der Waals surface area contributed by atoms with Crippen LogP contribution in [0, 0.1) is 0 Å². The molecule has 0 unspecified atom stereocenters. The number of urea groups is 1. The second kappa shape index (κ2) is 4.70. The van der Waals surface area contributed by atoms with Gasteiger partial charge in [0.25, 0.3) is 0 Å². The van der Waals surface area contributed by atoms with E-state index < -0.39 is 12.0 Å². The third-order valence-electron chi connectivity index (χ3n) is 2.39. The SMILES string of the molecule is NC(=O)NCCn1nnc2cccc(C(=O)O)c21. The van der Waals surface area contributed by atoms with E-state index >= 15 is 0 Å². The third-order valence-corrected chi connectivity index (χ3v) is 2.39. The molecule has 8 heteroatoms. The monoisotopic (exact) mass is 249 g/mol. The number of aromatic nitrogens is 3. The molecule has 0 aliphatic heterocycles. The minimum absolute atomic E-state index is 0.122. The van der Waals surface area contributed by atoms with Crippen LogP contribution in [0.3, 0.4) is 0 Å². The Bertz CT molecular complexity index is 607. The van der Waals surface area contributed by atoms with E-state index in [-0.39, 0.29) is 12.1 Å². The number of primary amides is 1. The van der Waals surface area contributed by atoms with Gasteiger partial charge in [-0.25, -0.2) is 14.3 Å². The van der Waals surface area contributed by atoms with Crippen molar-refractivity contribution in [3.8, 4) is 0 Å². The summed E-state index contributed by atoms with van der Waals surface area (Å²) >= 11 is 0. The number of nitrogens with two attached hydrogens (primary N) is 1. The van der Waals surface area contributed by atoms with Crippen LogP contribution < -0.4 is 11.1 Å². The number of carboxylic acid groups (broad SMARTS) is 1. The minimum Gasteiger partial charge on any atom is -0.478 e. The normalized spacial score (nSPS) is 10.4. The number of rotatable bonds is 4. The van der Waals surface area contributed by atoms with Gasteiger partial charge in [0.05, 0.1) is 12.1 Å². The molecule has 1 aromatic carbocycles. The molecule has 1 heterocycles. The lowest BCUT2D eigenvalue weighted by molar-refractivity contribution is 0.0698. The van der Waals surface area contributed by atoms with Gasteiger partial charge in [0.15, 0.2) is 0 Å². The average molecular weight is 249 g/mol. The number of carbonyl (C=O) groups excluding carboxylic acids is 1. The number of carboxylic acids is 1. The Kier molecular flexibility index (Phi) is 3.09. The van der Waals surface area contributed by atoms with Crippen molar-refractivity contribution in [2.24, 2.45) is 5.73 Å². The highest BCUT2D eigenvalue weighted by molar-refractivity contribution is 6.00.